The maximum absolute atomic E-state index is 12.6. The average Bonchev–Trinajstić information content (AvgIpc) is 2.72. The molecule has 0 N–H and O–H groups in total. The number of hydrogen-bond acceptors (Lipinski definition) is 8. The van der Waals surface area contributed by atoms with Gasteiger partial charge in [0.05, 0.1) is 32.7 Å². The van der Waals surface area contributed by atoms with Gasteiger partial charge in [-0.3, -0.25) is 4.79 Å². The smallest absolute Gasteiger partial charge is 0.203 e. The van der Waals surface area contributed by atoms with E-state index in [0.717, 1.165) is 0 Å². The molecule has 0 bridgehead atoms. The van der Waals surface area contributed by atoms with Crippen molar-refractivity contribution in [1.29, 1.82) is 0 Å². The van der Waals surface area contributed by atoms with E-state index in [1.165, 1.54) is 52.5 Å². The van der Waals surface area contributed by atoms with Crippen LogP contribution >= 0.6 is 0 Å². The summed E-state index contributed by atoms with van der Waals surface area (Å²) in [7, 11) is 4.48. The van der Waals surface area contributed by atoms with Crippen molar-refractivity contribution in [2.75, 3.05) is 21.3 Å². The number of methoxy groups -OCH3 is 3. The molecule has 0 aliphatic carbocycles. The van der Waals surface area contributed by atoms with Gasteiger partial charge in [-0.15, -0.1) is 0 Å². The van der Waals surface area contributed by atoms with Crippen LogP contribution < -0.4 is 29.5 Å². The lowest BCUT2D eigenvalue weighted by Gasteiger charge is -2.16. The molecule has 1 aromatic heterocycles. The van der Waals surface area contributed by atoms with Gasteiger partial charge < -0.3 is 33.3 Å². The Kier molecular flexibility index (Phi) is 5.63. The Balaban J connectivity index is 2.08. The maximum atomic E-state index is 12.6. The van der Waals surface area contributed by atoms with Crippen molar-refractivity contribution in [1.82, 2.24) is 0 Å². The topological polar surface area (TPSA) is 107 Å². The number of rotatable bonds is 7. The minimum Gasteiger partial charge on any atom is -0.546 e. The first-order valence-electron chi connectivity index (χ1n) is 8.63. The summed E-state index contributed by atoms with van der Waals surface area (Å²) >= 11 is 0. The van der Waals surface area contributed by atoms with E-state index in [1.54, 1.807) is 12.1 Å². The van der Waals surface area contributed by atoms with E-state index >= 15 is 0 Å². The van der Waals surface area contributed by atoms with Gasteiger partial charge in [0.2, 0.25) is 5.75 Å². The zero-order valence-electron chi connectivity index (χ0n) is 16.3. The predicted octanol–water partition coefficient (Wildman–Crippen LogP) is 2.00. The molecule has 0 aliphatic rings. The highest BCUT2D eigenvalue weighted by Crippen LogP contribution is 2.41. The fourth-order valence-electron chi connectivity index (χ4n) is 2.83. The molecule has 152 valence electrons. The third kappa shape index (κ3) is 3.96. The van der Waals surface area contributed by atoms with Gasteiger partial charge in [-0.1, -0.05) is 0 Å². The second-order valence-electron chi connectivity index (χ2n) is 6.13. The SMILES string of the molecule is COc1cc(-c2cc(=O)c3cc(O[C@H](C)C(=O)[O-])ccc3o2)cc(OC)c1OC. The van der Waals surface area contributed by atoms with Crippen LogP contribution in [0.5, 0.6) is 23.0 Å². The quantitative estimate of drug-likeness (QED) is 0.594. The molecule has 8 nitrogen and oxygen atoms in total. The largest absolute Gasteiger partial charge is 0.546 e. The molecule has 0 unspecified atom stereocenters. The number of carbonyl (C=O) groups excluding carboxylic acids is 1. The maximum Gasteiger partial charge on any atom is 0.203 e. The summed E-state index contributed by atoms with van der Waals surface area (Å²) in [5.41, 5.74) is 0.556. The first-order chi connectivity index (χ1) is 13.9. The van der Waals surface area contributed by atoms with Crippen molar-refractivity contribution in [3.8, 4) is 34.3 Å². The van der Waals surface area contributed by atoms with Gasteiger partial charge in [0.1, 0.15) is 23.2 Å². The number of aliphatic carboxylic acids is 1. The Morgan fingerprint density at radius 2 is 1.66 bits per heavy atom. The fraction of sp³-hybridized carbons (Fsp3) is 0.238. The van der Waals surface area contributed by atoms with Gasteiger partial charge in [-0.25, -0.2) is 0 Å². The lowest BCUT2D eigenvalue weighted by molar-refractivity contribution is -0.312. The number of fused-ring (bicyclic) bond motifs is 1. The zero-order chi connectivity index (χ0) is 21.1. The van der Waals surface area contributed by atoms with Gasteiger partial charge in [0.25, 0.3) is 0 Å². The number of ether oxygens (including phenoxy) is 4. The van der Waals surface area contributed by atoms with E-state index < -0.39 is 12.1 Å². The van der Waals surface area contributed by atoms with Crippen LogP contribution in [0, 0.1) is 0 Å². The molecule has 0 saturated heterocycles. The summed E-state index contributed by atoms with van der Waals surface area (Å²) in [5, 5.41) is 11.1. The van der Waals surface area contributed by atoms with Crippen molar-refractivity contribution in [3.05, 3.63) is 46.6 Å². The molecule has 8 heteroatoms. The van der Waals surface area contributed by atoms with E-state index in [1.807, 2.05) is 0 Å². The molecule has 1 heterocycles. The van der Waals surface area contributed by atoms with Crippen LogP contribution in [0.1, 0.15) is 6.92 Å². The summed E-state index contributed by atoms with van der Waals surface area (Å²) in [4.78, 5) is 23.5. The Morgan fingerprint density at radius 1 is 1.00 bits per heavy atom. The van der Waals surface area contributed by atoms with E-state index in [9.17, 15) is 14.7 Å². The second-order valence-corrected chi connectivity index (χ2v) is 6.13. The third-order valence-corrected chi connectivity index (χ3v) is 4.29. The highest BCUT2D eigenvalue weighted by atomic mass is 16.5. The predicted molar refractivity (Wildman–Crippen MR) is 103 cm³/mol. The first kappa shape index (κ1) is 20.1. The summed E-state index contributed by atoms with van der Waals surface area (Å²) in [6.07, 6.45) is -1.15. The monoisotopic (exact) mass is 399 g/mol. The van der Waals surface area contributed by atoms with Crippen LogP contribution in [0.25, 0.3) is 22.3 Å². The van der Waals surface area contributed by atoms with Gasteiger partial charge in [-0.05, 0) is 37.3 Å². The minimum atomic E-state index is -1.35. The highest BCUT2D eigenvalue weighted by Gasteiger charge is 2.17. The van der Waals surface area contributed by atoms with Crippen LogP contribution in [0.4, 0.5) is 0 Å². The lowest BCUT2D eigenvalue weighted by atomic mass is 10.1. The van der Waals surface area contributed by atoms with E-state index in [4.69, 9.17) is 23.4 Å². The van der Waals surface area contributed by atoms with Crippen LogP contribution in [-0.2, 0) is 4.79 Å². The molecule has 2 aromatic carbocycles. The van der Waals surface area contributed by atoms with Crippen molar-refractivity contribution in [3.63, 3.8) is 0 Å². The molecule has 29 heavy (non-hydrogen) atoms. The molecule has 0 amide bonds. The van der Waals surface area contributed by atoms with Crippen molar-refractivity contribution in [2.45, 2.75) is 13.0 Å². The Bertz CT molecular complexity index is 1090. The van der Waals surface area contributed by atoms with E-state index in [2.05, 4.69) is 0 Å². The molecule has 3 aromatic rings. The summed E-state index contributed by atoms with van der Waals surface area (Å²) < 4.78 is 27.1. The number of hydrogen-bond donors (Lipinski definition) is 0. The molecular weight excluding hydrogens is 380 g/mol. The molecule has 1 atom stereocenters. The average molecular weight is 399 g/mol. The Morgan fingerprint density at radius 3 is 2.21 bits per heavy atom. The van der Waals surface area contributed by atoms with Crippen molar-refractivity contribution >= 4 is 16.9 Å². The summed E-state index contributed by atoms with van der Waals surface area (Å²) in [6.45, 7) is 1.34. The number of carboxylic acids is 1. The summed E-state index contributed by atoms with van der Waals surface area (Å²) in [5.74, 6) is 0.440. The molecule has 0 fully saturated rings. The van der Waals surface area contributed by atoms with Gasteiger partial charge in [-0.2, -0.15) is 0 Å². The van der Waals surface area contributed by atoms with Gasteiger partial charge >= 0.3 is 0 Å². The van der Waals surface area contributed by atoms with E-state index in [0.29, 0.717) is 34.2 Å². The third-order valence-electron chi connectivity index (χ3n) is 4.29. The molecule has 3 rings (SSSR count). The zero-order valence-corrected chi connectivity index (χ0v) is 16.3. The lowest BCUT2D eigenvalue weighted by Crippen LogP contribution is -2.37. The normalized spacial score (nSPS) is 11.7. The van der Waals surface area contributed by atoms with Crippen LogP contribution in [0.15, 0.2) is 45.6 Å². The van der Waals surface area contributed by atoms with E-state index in [-0.39, 0.29) is 16.6 Å². The highest BCUT2D eigenvalue weighted by molar-refractivity contribution is 5.81. The van der Waals surface area contributed by atoms with Crippen molar-refractivity contribution in [2.24, 2.45) is 0 Å². The molecule has 0 aliphatic heterocycles. The van der Waals surface area contributed by atoms with Crippen molar-refractivity contribution < 1.29 is 33.3 Å². The summed E-state index contributed by atoms with van der Waals surface area (Å²) in [6, 6.07) is 9.16. The van der Waals surface area contributed by atoms with Crippen LogP contribution in [-0.4, -0.2) is 33.4 Å². The molecule has 0 spiro atoms. The fourth-order valence-corrected chi connectivity index (χ4v) is 2.83. The number of carboxylic acid groups (broad SMARTS) is 1. The van der Waals surface area contributed by atoms with Crippen LogP contribution in [0.2, 0.25) is 0 Å². The van der Waals surface area contributed by atoms with Crippen LogP contribution in [0.3, 0.4) is 0 Å². The standard InChI is InChI=1S/C21H20O8/c1-11(21(23)24)28-13-5-6-16-14(9-13)15(22)10-17(29-16)12-7-18(25-2)20(27-4)19(8-12)26-3/h5-11H,1-4H3,(H,23,24)/p-1/t11-/m1/s1. The molecular formula is C21H19O8-. The Labute approximate surface area is 166 Å². The first-order valence-corrected chi connectivity index (χ1v) is 8.63. The minimum absolute atomic E-state index is 0.224. The molecule has 0 saturated carbocycles. The Hall–Kier alpha value is -3.68. The van der Waals surface area contributed by atoms with Gasteiger partial charge in [0.15, 0.2) is 16.9 Å². The molecule has 0 radical (unpaired) electrons. The number of benzene rings is 2. The number of carbonyl (C=O) groups is 1. The second kappa shape index (κ2) is 8.14. The van der Waals surface area contributed by atoms with Gasteiger partial charge in [0, 0.05) is 11.6 Å².